The molecule has 0 aliphatic carbocycles. The molecule has 4 rings (SSSR count). The number of carbonyl (C=O) groups excluding carboxylic acids is 3. The molecule has 0 unspecified atom stereocenters. The topological polar surface area (TPSA) is 70.2 Å². The van der Waals surface area contributed by atoms with Gasteiger partial charge < -0.3 is 19.4 Å². The van der Waals surface area contributed by atoms with E-state index in [2.05, 4.69) is 0 Å². The molecule has 3 heterocycles. The Bertz CT molecular complexity index is 862. The Morgan fingerprint density at radius 1 is 1.07 bits per heavy atom. The molecule has 7 nitrogen and oxygen atoms in total. The highest BCUT2D eigenvalue weighted by molar-refractivity contribution is 5.95. The lowest BCUT2D eigenvalue weighted by Crippen LogP contribution is -2.53. The van der Waals surface area contributed by atoms with Crippen molar-refractivity contribution in [2.45, 2.75) is 33.1 Å². The third-order valence-corrected chi connectivity index (χ3v) is 7.63. The lowest BCUT2D eigenvalue weighted by atomic mass is 9.60. The summed E-state index contributed by atoms with van der Waals surface area (Å²) >= 11 is 0. The zero-order valence-electron chi connectivity index (χ0n) is 18.1. The summed E-state index contributed by atoms with van der Waals surface area (Å²) in [5.74, 6) is 0.884. The highest BCUT2D eigenvalue weighted by Crippen LogP contribution is 2.57. The second kappa shape index (κ2) is 7.60. The molecule has 0 N–H and O–H groups in total. The Morgan fingerprint density at radius 3 is 2.40 bits per heavy atom. The first kappa shape index (κ1) is 20.7. The first-order valence-corrected chi connectivity index (χ1v) is 10.8. The van der Waals surface area contributed by atoms with Gasteiger partial charge in [-0.05, 0) is 44.4 Å². The van der Waals surface area contributed by atoms with Crippen molar-refractivity contribution in [1.82, 2.24) is 14.7 Å². The molecule has 0 bridgehead atoms. The van der Waals surface area contributed by atoms with E-state index in [1.165, 1.54) is 0 Å². The number of methoxy groups -OCH3 is 1. The van der Waals surface area contributed by atoms with Gasteiger partial charge in [-0.25, -0.2) is 0 Å². The molecule has 3 amide bonds. The summed E-state index contributed by atoms with van der Waals surface area (Å²) in [5.41, 5.74) is -0.129. The highest BCUT2D eigenvalue weighted by atomic mass is 16.5. The van der Waals surface area contributed by atoms with Crippen LogP contribution in [0.25, 0.3) is 0 Å². The summed E-state index contributed by atoms with van der Waals surface area (Å²) in [6, 6.07) is 7.22. The van der Waals surface area contributed by atoms with Crippen molar-refractivity contribution < 1.29 is 19.1 Å². The summed E-state index contributed by atoms with van der Waals surface area (Å²) in [6.07, 6.45) is 2.29. The van der Waals surface area contributed by atoms with Crippen LogP contribution in [0.5, 0.6) is 5.75 Å². The number of rotatable bonds is 3. The number of likely N-dealkylation sites (tertiary alicyclic amines) is 3. The van der Waals surface area contributed by atoms with Crippen LogP contribution in [0.15, 0.2) is 24.3 Å². The number of hydrogen-bond acceptors (Lipinski definition) is 4. The average molecular weight is 414 g/mol. The number of carbonyl (C=O) groups is 3. The van der Waals surface area contributed by atoms with Crippen LogP contribution in [0.3, 0.4) is 0 Å². The molecule has 0 saturated carbocycles. The summed E-state index contributed by atoms with van der Waals surface area (Å²) < 4.78 is 5.25. The van der Waals surface area contributed by atoms with Gasteiger partial charge in [0, 0.05) is 57.2 Å². The fourth-order valence-corrected chi connectivity index (χ4v) is 5.78. The van der Waals surface area contributed by atoms with Crippen molar-refractivity contribution in [2.75, 3.05) is 46.4 Å². The van der Waals surface area contributed by atoms with E-state index >= 15 is 0 Å². The summed E-state index contributed by atoms with van der Waals surface area (Å²) in [4.78, 5) is 44.3. The maximum atomic E-state index is 13.4. The van der Waals surface area contributed by atoms with E-state index in [-0.39, 0.29) is 23.1 Å². The third-order valence-electron chi connectivity index (χ3n) is 7.63. The van der Waals surface area contributed by atoms with E-state index in [9.17, 15) is 14.4 Å². The molecule has 162 valence electrons. The molecule has 3 fully saturated rings. The Labute approximate surface area is 177 Å². The second-order valence-electron chi connectivity index (χ2n) is 8.90. The minimum atomic E-state index is -0.500. The second-order valence-corrected chi connectivity index (χ2v) is 8.90. The molecule has 2 spiro atoms. The first-order chi connectivity index (χ1) is 14.4. The molecule has 1 aromatic carbocycles. The van der Waals surface area contributed by atoms with Crippen LogP contribution in [0.1, 0.15) is 43.5 Å². The van der Waals surface area contributed by atoms with Crippen LogP contribution in [-0.2, 0) is 9.59 Å². The maximum absolute atomic E-state index is 13.4. The number of amides is 3. The van der Waals surface area contributed by atoms with E-state index in [4.69, 9.17) is 4.74 Å². The number of hydrogen-bond donors (Lipinski definition) is 0. The van der Waals surface area contributed by atoms with E-state index in [1.807, 2.05) is 39.8 Å². The lowest BCUT2D eigenvalue weighted by Gasteiger charge is -2.46. The lowest BCUT2D eigenvalue weighted by molar-refractivity contribution is -0.141. The molecule has 1 atom stereocenters. The Morgan fingerprint density at radius 2 is 1.80 bits per heavy atom. The van der Waals surface area contributed by atoms with Crippen LogP contribution in [0, 0.1) is 10.8 Å². The van der Waals surface area contributed by atoms with Crippen molar-refractivity contribution in [3.8, 4) is 5.75 Å². The fraction of sp³-hybridized carbons (Fsp3) is 0.609. The van der Waals surface area contributed by atoms with Gasteiger partial charge in [0.15, 0.2) is 0 Å². The Balaban J connectivity index is 1.56. The van der Waals surface area contributed by atoms with E-state index in [0.717, 1.165) is 25.8 Å². The van der Waals surface area contributed by atoms with Crippen LogP contribution in [-0.4, -0.2) is 78.8 Å². The van der Waals surface area contributed by atoms with E-state index < -0.39 is 5.41 Å². The Hall–Kier alpha value is -2.57. The summed E-state index contributed by atoms with van der Waals surface area (Å²) in [6.45, 7) is 7.40. The van der Waals surface area contributed by atoms with E-state index in [1.54, 1.807) is 20.1 Å². The van der Waals surface area contributed by atoms with Gasteiger partial charge >= 0.3 is 0 Å². The van der Waals surface area contributed by atoms with Crippen molar-refractivity contribution in [3.05, 3.63) is 29.8 Å². The Kier molecular flexibility index (Phi) is 5.24. The van der Waals surface area contributed by atoms with E-state index in [0.29, 0.717) is 44.0 Å². The predicted molar refractivity (Wildman–Crippen MR) is 112 cm³/mol. The zero-order valence-corrected chi connectivity index (χ0v) is 18.1. The zero-order chi connectivity index (χ0) is 21.5. The molecule has 0 aromatic heterocycles. The number of fused-ring (bicyclic) bond motifs is 1. The van der Waals surface area contributed by atoms with Crippen molar-refractivity contribution in [2.24, 2.45) is 10.8 Å². The number of piperidine rings is 1. The minimum Gasteiger partial charge on any atom is -0.497 e. The highest BCUT2D eigenvalue weighted by Gasteiger charge is 2.65. The van der Waals surface area contributed by atoms with Gasteiger partial charge in [-0.1, -0.05) is 6.07 Å². The van der Waals surface area contributed by atoms with Gasteiger partial charge in [-0.2, -0.15) is 0 Å². The van der Waals surface area contributed by atoms with Gasteiger partial charge in [0.25, 0.3) is 5.91 Å². The molecule has 3 saturated heterocycles. The standard InChI is InChI=1S/C23H31N3O4/c1-4-24-13-10-23(21(24)29)16-26(17(2)27)15-22(23)8-11-25(12-9-22)20(28)18-6-5-7-19(14-18)30-3/h5-7,14H,4,8-13,15-16H2,1-3H3/t23-/m1/s1. The summed E-state index contributed by atoms with van der Waals surface area (Å²) in [5, 5.41) is 0. The molecule has 3 aliphatic rings. The third kappa shape index (κ3) is 3.06. The molecule has 3 aliphatic heterocycles. The van der Waals surface area contributed by atoms with Crippen molar-refractivity contribution in [3.63, 3.8) is 0 Å². The monoisotopic (exact) mass is 413 g/mol. The van der Waals surface area contributed by atoms with Gasteiger partial charge in [0.05, 0.1) is 12.5 Å². The largest absolute Gasteiger partial charge is 0.497 e. The van der Waals surface area contributed by atoms with Crippen LogP contribution in [0.4, 0.5) is 0 Å². The molecule has 30 heavy (non-hydrogen) atoms. The molecule has 1 aromatic rings. The average Bonchev–Trinajstić information content (AvgIpc) is 3.26. The van der Waals surface area contributed by atoms with Gasteiger partial charge in [0.1, 0.15) is 5.75 Å². The number of nitrogens with zero attached hydrogens (tertiary/aromatic N) is 3. The van der Waals surface area contributed by atoms with Gasteiger partial charge in [-0.15, -0.1) is 0 Å². The molecule has 7 heteroatoms. The van der Waals surface area contributed by atoms with Crippen LogP contribution >= 0.6 is 0 Å². The summed E-state index contributed by atoms with van der Waals surface area (Å²) in [7, 11) is 1.59. The molecule has 0 radical (unpaired) electrons. The van der Waals surface area contributed by atoms with Crippen molar-refractivity contribution >= 4 is 17.7 Å². The predicted octanol–water partition coefficient (Wildman–Crippen LogP) is 2.02. The quantitative estimate of drug-likeness (QED) is 0.760. The van der Waals surface area contributed by atoms with Crippen molar-refractivity contribution in [1.29, 1.82) is 0 Å². The number of ether oxygens (including phenoxy) is 1. The fourth-order valence-electron chi connectivity index (χ4n) is 5.78. The molecular weight excluding hydrogens is 382 g/mol. The van der Waals surface area contributed by atoms with Gasteiger partial charge in [0.2, 0.25) is 11.8 Å². The SMILES string of the molecule is CCN1CC[C@@]2(CN(C(C)=O)CC23CCN(C(=O)c2cccc(OC)c2)CC3)C1=O. The first-order valence-electron chi connectivity index (χ1n) is 10.8. The minimum absolute atomic E-state index is 0.00726. The maximum Gasteiger partial charge on any atom is 0.253 e. The normalized spacial score (nSPS) is 25.4. The number of benzene rings is 1. The van der Waals surface area contributed by atoms with Crippen LogP contribution < -0.4 is 4.74 Å². The van der Waals surface area contributed by atoms with Gasteiger partial charge in [-0.3, -0.25) is 14.4 Å². The van der Waals surface area contributed by atoms with Crippen LogP contribution in [0.2, 0.25) is 0 Å². The smallest absolute Gasteiger partial charge is 0.253 e. The molecular formula is C23H31N3O4.